The van der Waals surface area contributed by atoms with Crippen molar-refractivity contribution in [1.29, 1.82) is 0 Å². The van der Waals surface area contributed by atoms with Crippen LogP contribution in [0.4, 0.5) is 0 Å². The average molecular weight is 178 g/mol. The van der Waals surface area contributed by atoms with Gasteiger partial charge >= 0.3 is 0 Å². The first-order valence-corrected chi connectivity index (χ1v) is 4.61. The first-order valence-electron chi connectivity index (χ1n) is 4.61. The van der Waals surface area contributed by atoms with Crippen LogP contribution in [0.25, 0.3) is 0 Å². The average Bonchev–Trinajstić information content (AvgIpc) is 2.89. The molecule has 2 rings (SSSR count). The molecule has 0 unspecified atom stereocenters. The first-order chi connectivity index (χ1) is 6.29. The molecule has 1 aliphatic carbocycles. The van der Waals surface area contributed by atoms with Crippen molar-refractivity contribution >= 4 is 0 Å². The highest BCUT2D eigenvalue weighted by Crippen LogP contribution is 2.33. The second kappa shape index (κ2) is 3.29. The fourth-order valence-electron chi connectivity index (χ4n) is 1.24. The quantitative estimate of drug-likeness (QED) is 0.708. The Balaban J connectivity index is 2.22. The van der Waals surface area contributed by atoms with Crippen molar-refractivity contribution < 1.29 is 9.47 Å². The Kier molecular flexibility index (Phi) is 2.13. The Morgan fingerprint density at radius 3 is 2.62 bits per heavy atom. The van der Waals surface area contributed by atoms with Crippen LogP contribution in [0.1, 0.15) is 18.4 Å². The summed E-state index contributed by atoms with van der Waals surface area (Å²) >= 11 is 0. The Morgan fingerprint density at radius 2 is 2.00 bits per heavy atom. The summed E-state index contributed by atoms with van der Waals surface area (Å²) in [5, 5.41) is 0. The van der Waals surface area contributed by atoms with E-state index in [1.165, 1.54) is 18.4 Å². The summed E-state index contributed by atoms with van der Waals surface area (Å²) in [6.45, 7) is 2.05. The number of hydrogen-bond donors (Lipinski definition) is 0. The van der Waals surface area contributed by atoms with E-state index in [2.05, 4.69) is 6.92 Å². The van der Waals surface area contributed by atoms with Gasteiger partial charge in [-0.05, 0) is 37.5 Å². The maximum atomic E-state index is 5.70. The zero-order valence-electron chi connectivity index (χ0n) is 8.04. The van der Waals surface area contributed by atoms with Crippen LogP contribution in [-0.2, 0) is 0 Å². The predicted octanol–water partition coefficient (Wildman–Crippen LogP) is 2.54. The molecule has 0 amide bonds. The lowest BCUT2D eigenvalue weighted by Gasteiger charge is -2.10. The highest BCUT2D eigenvalue weighted by molar-refractivity contribution is 5.42. The van der Waals surface area contributed by atoms with Crippen LogP contribution < -0.4 is 9.47 Å². The van der Waals surface area contributed by atoms with Gasteiger partial charge in [-0.1, -0.05) is 6.07 Å². The summed E-state index contributed by atoms with van der Waals surface area (Å²) in [5.41, 5.74) is 1.21. The lowest BCUT2D eigenvalue weighted by molar-refractivity contribution is 0.282. The summed E-state index contributed by atoms with van der Waals surface area (Å²) in [5.74, 6) is 1.71. The van der Waals surface area contributed by atoms with Crippen molar-refractivity contribution in [3.8, 4) is 11.5 Å². The van der Waals surface area contributed by atoms with Crippen LogP contribution in [0.5, 0.6) is 11.5 Å². The highest BCUT2D eigenvalue weighted by Gasteiger charge is 2.24. The summed E-state index contributed by atoms with van der Waals surface area (Å²) in [6, 6.07) is 6.00. The molecule has 1 fully saturated rings. The zero-order valence-corrected chi connectivity index (χ0v) is 8.04. The standard InChI is InChI=1S/C11H14O2/c1-8-3-6-10(12-2)11(7-8)13-9-4-5-9/h3,6-7,9H,4-5H2,1-2H3. The lowest BCUT2D eigenvalue weighted by atomic mass is 10.2. The molecule has 0 aliphatic heterocycles. The maximum absolute atomic E-state index is 5.70. The molecule has 0 N–H and O–H groups in total. The van der Waals surface area contributed by atoms with E-state index in [1.807, 2.05) is 18.2 Å². The molecule has 2 heteroatoms. The molecule has 13 heavy (non-hydrogen) atoms. The predicted molar refractivity (Wildman–Crippen MR) is 51.4 cm³/mol. The van der Waals surface area contributed by atoms with E-state index in [1.54, 1.807) is 7.11 Å². The summed E-state index contributed by atoms with van der Waals surface area (Å²) in [6.07, 6.45) is 2.78. The van der Waals surface area contributed by atoms with Gasteiger partial charge in [-0.25, -0.2) is 0 Å². The monoisotopic (exact) mass is 178 g/mol. The van der Waals surface area contributed by atoms with E-state index in [0.29, 0.717) is 6.10 Å². The molecular formula is C11H14O2. The summed E-state index contributed by atoms with van der Waals surface area (Å²) < 4.78 is 10.9. The first kappa shape index (κ1) is 8.42. The minimum atomic E-state index is 0.427. The Morgan fingerprint density at radius 1 is 1.23 bits per heavy atom. The molecule has 70 valence electrons. The molecule has 2 nitrogen and oxygen atoms in total. The smallest absolute Gasteiger partial charge is 0.161 e. The molecule has 0 saturated heterocycles. The highest BCUT2D eigenvalue weighted by atomic mass is 16.5. The fraction of sp³-hybridized carbons (Fsp3) is 0.455. The zero-order chi connectivity index (χ0) is 9.26. The Hall–Kier alpha value is -1.18. The number of rotatable bonds is 3. The Labute approximate surface area is 78.5 Å². The molecule has 0 bridgehead atoms. The maximum Gasteiger partial charge on any atom is 0.161 e. The van der Waals surface area contributed by atoms with Crippen LogP contribution in [0.3, 0.4) is 0 Å². The molecule has 0 radical (unpaired) electrons. The third-order valence-electron chi connectivity index (χ3n) is 2.14. The second-order valence-electron chi connectivity index (χ2n) is 3.47. The van der Waals surface area contributed by atoms with E-state index >= 15 is 0 Å². The summed E-state index contributed by atoms with van der Waals surface area (Å²) in [4.78, 5) is 0. The van der Waals surface area contributed by atoms with E-state index in [-0.39, 0.29) is 0 Å². The SMILES string of the molecule is COc1ccc(C)cc1OC1CC1. The molecular weight excluding hydrogens is 164 g/mol. The van der Waals surface area contributed by atoms with Crippen molar-refractivity contribution in [2.45, 2.75) is 25.9 Å². The molecule has 0 aromatic heterocycles. The molecule has 0 atom stereocenters. The Bertz CT molecular complexity index is 303. The minimum absolute atomic E-state index is 0.427. The van der Waals surface area contributed by atoms with Crippen molar-refractivity contribution in [3.63, 3.8) is 0 Å². The second-order valence-corrected chi connectivity index (χ2v) is 3.47. The van der Waals surface area contributed by atoms with Gasteiger partial charge in [0.1, 0.15) is 0 Å². The van der Waals surface area contributed by atoms with Gasteiger partial charge in [-0.2, -0.15) is 0 Å². The number of benzene rings is 1. The minimum Gasteiger partial charge on any atom is -0.493 e. The molecule has 0 spiro atoms. The van der Waals surface area contributed by atoms with Crippen molar-refractivity contribution in [3.05, 3.63) is 23.8 Å². The molecule has 0 heterocycles. The fourth-order valence-corrected chi connectivity index (χ4v) is 1.24. The molecule has 1 aromatic carbocycles. The molecule has 1 saturated carbocycles. The van der Waals surface area contributed by atoms with E-state index in [9.17, 15) is 0 Å². The van der Waals surface area contributed by atoms with Crippen LogP contribution in [0.2, 0.25) is 0 Å². The van der Waals surface area contributed by atoms with Gasteiger partial charge in [-0.3, -0.25) is 0 Å². The van der Waals surface area contributed by atoms with Crippen molar-refractivity contribution in [2.75, 3.05) is 7.11 Å². The van der Waals surface area contributed by atoms with E-state index in [0.717, 1.165) is 11.5 Å². The third kappa shape index (κ3) is 1.94. The van der Waals surface area contributed by atoms with Gasteiger partial charge in [0.15, 0.2) is 11.5 Å². The number of aryl methyl sites for hydroxylation is 1. The largest absolute Gasteiger partial charge is 0.493 e. The third-order valence-corrected chi connectivity index (χ3v) is 2.14. The van der Waals surface area contributed by atoms with Gasteiger partial charge in [0.2, 0.25) is 0 Å². The molecule has 1 aliphatic rings. The van der Waals surface area contributed by atoms with Gasteiger partial charge in [0.25, 0.3) is 0 Å². The van der Waals surface area contributed by atoms with Crippen molar-refractivity contribution in [1.82, 2.24) is 0 Å². The number of ether oxygens (including phenoxy) is 2. The van der Waals surface area contributed by atoms with Crippen LogP contribution in [-0.4, -0.2) is 13.2 Å². The topological polar surface area (TPSA) is 18.5 Å². The van der Waals surface area contributed by atoms with Gasteiger partial charge in [-0.15, -0.1) is 0 Å². The van der Waals surface area contributed by atoms with Gasteiger partial charge < -0.3 is 9.47 Å². The van der Waals surface area contributed by atoms with Gasteiger partial charge in [0, 0.05) is 0 Å². The van der Waals surface area contributed by atoms with E-state index in [4.69, 9.17) is 9.47 Å². The lowest BCUT2D eigenvalue weighted by Crippen LogP contribution is -1.98. The van der Waals surface area contributed by atoms with Crippen LogP contribution in [0, 0.1) is 6.92 Å². The number of methoxy groups -OCH3 is 1. The van der Waals surface area contributed by atoms with Gasteiger partial charge in [0.05, 0.1) is 13.2 Å². The summed E-state index contributed by atoms with van der Waals surface area (Å²) in [7, 11) is 1.67. The normalized spacial score (nSPS) is 15.5. The van der Waals surface area contributed by atoms with Crippen LogP contribution in [0.15, 0.2) is 18.2 Å². The van der Waals surface area contributed by atoms with E-state index < -0.39 is 0 Å². The number of hydrogen-bond acceptors (Lipinski definition) is 2. The van der Waals surface area contributed by atoms with Crippen molar-refractivity contribution in [2.24, 2.45) is 0 Å². The molecule has 1 aromatic rings. The van der Waals surface area contributed by atoms with Crippen LogP contribution >= 0.6 is 0 Å².